The number of nitrogens with zero attached hydrogens (tertiary/aromatic N) is 2. The molecular weight excluding hydrogens is 493 g/mol. The summed E-state index contributed by atoms with van der Waals surface area (Å²) in [6.07, 6.45) is 0.827. The number of nitrogens with one attached hydrogen (secondary N) is 3. The van der Waals surface area contributed by atoms with Crippen LogP contribution in [0, 0.1) is 5.82 Å². The zero-order valence-electron chi connectivity index (χ0n) is 19.3. The number of halogens is 2. The van der Waals surface area contributed by atoms with Gasteiger partial charge in [0.15, 0.2) is 0 Å². The summed E-state index contributed by atoms with van der Waals surface area (Å²) in [7, 11) is 1.46. The number of carboxylic acids is 1. The van der Waals surface area contributed by atoms with E-state index in [0.717, 1.165) is 10.8 Å². The molecule has 0 saturated carbocycles. The first kappa shape index (κ1) is 26.6. The van der Waals surface area contributed by atoms with Gasteiger partial charge in [-0.1, -0.05) is 48.0 Å². The van der Waals surface area contributed by atoms with Crippen molar-refractivity contribution in [2.24, 2.45) is 0 Å². The molecule has 0 unspecified atom stereocenters. The molecule has 0 bridgehead atoms. The Bertz CT molecular complexity index is 1240. The van der Waals surface area contributed by atoms with E-state index in [4.69, 9.17) is 21.4 Å². The molecule has 4 N–H and O–H groups in total. The maximum atomic E-state index is 13.6. The molecule has 3 amide bonds. The molecule has 3 rings (SSSR count). The van der Waals surface area contributed by atoms with Crippen LogP contribution in [0.3, 0.4) is 0 Å². The molecule has 2 aromatic carbocycles. The minimum Gasteiger partial charge on any atom is -0.480 e. The van der Waals surface area contributed by atoms with Crippen molar-refractivity contribution in [3.63, 3.8) is 0 Å². The summed E-state index contributed by atoms with van der Waals surface area (Å²) in [5.41, 5.74) is 0.387. The highest BCUT2D eigenvalue weighted by Gasteiger charge is 2.22. The summed E-state index contributed by atoms with van der Waals surface area (Å²) in [6.45, 7) is -0.600. The van der Waals surface area contributed by atoms with Crippen LogP contribution in [0.2, 0.25) is 5.02 Å². The molecule has 0 saturated heterocycles. The molecule has 0 spiro atoms. The quantitative estimate of drug-likeness (QED) is 0.323. The van der Waals surface area contributed by atoms with Crippen LogP contribution in [0.4, 0.5) is 19.8 Å². The third-order valence-electron chi connectivity index (χ3n) is 5.25. The molecule has 1 aromatic heterocycles. The van der Waals surface area contributed by atoms with Gasteiger partial charge in [-0.15, -0.1) is 0 Å². The van der Waals surface area contributed by atoms with Crippen molar-refractivity contribution in [2.75, 3.05) is 32.1 Å². The van der Waals surface area contributed by atoms with E-state index in [2.05, 4.69) is 20.9 Å². The number of ether oxygens (including phenoxy) is 1. The average Bonchev–Trinajstić information content (AvgIpc) is 2.86. The van der Waals surface area contributed by atoms with Crippen molar-refractivity contribution in [3.8, 4) is 0 Å². The number of hydrogen-bond donors (Lipinski definition) is 4. The normalized spacial score (nSPS) is 11.5. The number of amides is 3. The molecule has 36 heavy (non-hydrogen) atoms. The first-order valence-corrected chi connectivity index (χ1v) is 11.3. The van der Waals surface area contributed by atoms with Gasteiger partial charge < -0.3 is 25.4 Å². The Morgan fingerprint density at radius 2 is 1.92 bits per heavy atom. The Morgan fingerprint density at radius 1 is 1.17 bits per heavy atom. The van der Waals surface area contributed by atoms with Gasteiger partial charge in [0.25, 0.3) is 0 Å². The Morgan fingerprint density at radius 3 is 2.67 bits per heavy atom. The predicted octanol–water partition coefficient (Wildman–Crippen LogP) is 3.46. The van der Waals surface area contributed by atoms with E-state index in [1.54, 1.807) is 18.3 Å². The minimum absolute atomic E-state index is 0.0262. The van der Waals surface area contributed by atoms with Crippen LogP contribution >= 0.6 is 11.6 Å². The number of carbonyl (C=O) groups is 3. The summed E-state index contributed by atoms with van der Waals surface area (Å²) in [6, 6.07) is 12.2. The number of carboxylic acid groups (broad SMARTS) is 1. The van der Waals surface area contributed by atoms with Crippen LogP contribution in [0.15, 0.2) is 54.7 Å². The highest BCUT2D eigenvalue weighted by Crippen LogP contribution is 2.19. The number of pyridine rings is 1. The SMILES string of the molecule is CN(C(=O)NCc1cccc(F)c1Cl)[C@@H](CNCC(=O)O)COC(=O)Nc1cc2ccccc2cn1. The molecule has 1 heterocycles. The number of benzene rings is 2. The van der Waals surface area contributed by atoms with E-state index in [1.807, 2.05) is 24.3 Å². The summed E-state index contributed by atoms with van der Waals surface area (Å²) in [5.74, 6) is -1.40. The fourth-order valence-corrected chi connectivity index (χ4v) is 3.46. The molecule has 0 aliphatic carbocycles. The highest BCUT2D eigenvalue weighted by atomic mass is 35.5. The number of fused-ring (bicyclic) bond motifs is 1. The number of aliphatic carboxylic acids is 1. The molecule has 0 radical (unpaired) electrons. The molecule has 10 nitrogen and oxygen atoms in total. The maximum Gasteiger partial charge on any atom is 0.412 e. The van der Waals surface area contributed by atoms with E-state index < -0.39 is 30.0 Å². The van der Waals surface area contributed by atoms with E-state index in [1.165, 1.54) is 24.1 Å². The number of aromatic nitrogens is 1. The lowest BCUT2D eigenvalue weighted by molar-refractivity contribution is -0.136. The van der Waals surface area contributed by atoms with Gasteiger partial charge in [0.05, 0.1) is 17.6 Å². The molecule has 3 aromatic rings. The minimum atomic E-state index is -1.08. The van der Waals surface area contributed by atoms with Gasteiger partial charge in [0, 0.05) is 31.7 Å². The number of urea groups is 1. The summed E-state index contributed by atoms with van der Waals surface area (Å²) in [4.78, 5) is 41.3. The van der Waals surface area contributed by atoms with Crippen LogP contribution in [-0.4, -0.2) is 65.9 Å². The Kier molecular flexibility index (Phi) is 9.37. The van der Waals surface area contributed by atoms with Crippen molar-refractivity contribution in [3.05, 3.63) is 71.1 Å². The van der Waals surface area contributed by atoms with Gasteiger partial charge >= 0.3 is 18.1 Å². The van der Waals surface area contributed by atoms with Crippen LogP contribution in [0.5, 0.6) is 0 Å². The summed E-state index contributed by atoms with van der Waals surface area (Å²) >= 11 is 5.93. The third-order valence-corrected chi connectivity index (χ3v) is 5.68. The lowest BCUT2D eigenvalue weighted by Gasteiger charge is -2.28. The second-order valence-electron chi connectivity index (χ2n) is 7.80. The zero-order chi connectivity index (χ0) is 26.1. The summed E-state index contributed by atoms with van der Waals surface area (Å²) in [5, 5.41) is 18.4. The number of likely N-dealkylation sites (N-methyl/N-ethyl adjacent to an activating group) is 1. The Hall–Kier alpha value is -3.96. The first-order chi connectivity index (χ1) is 17.2. The van der Waals surface area contributed by atoms with E-state index in [9.17, 15) is 18.8 Å². The lowest BCUT2D eigenvalue weighted by atomic mass is 10.2. The Balaban J connectivity index is 1.59. The van der Waals surface area contributed by atoms with Gasteiger partial charge in [-0.3, -0.25) is 10.1 Å². The zero-order valence-corrected chi connectivity index (χ0v) is 20.1. The second kappa shape index (κ2) is 12.7. The molecular formula is C24H25ClFN5O5. The lowest BCUT2D eigenvalue weighted by Crippen LogP contribution is -2.50. The van der Waals surface area contributed by atoms with Gasteiger partial charge in [-0.2, -0.15) is 0 Å². The van der Waals surface area contributed by atoms with Crippen molar-refractivity contribution < 1.29 is 28.6 Å². The van der Waals surface area contributed by atoms with Crippen LogP contribution in [0.1, 0.15) is 5.56 Å². The number of anilines is 1. The van der Waals surface area contributed by atoms with E-state index in [-0.39, 0.29) is 37.1 Å². The second-order valence-corrected chi connectivity index (χ2v) is 8.18. The molecule has 0 fully saturated rings. The highest BCUT2D eigenvalue weighted by molar-refractivity contribution is 6.31. The predicted molar refractivity (Wildman–Crippen MR) is 132 cm³/mol. The number of rotatable bonds is 10. The molecule has 190 valence electrons. The van der Waals surface area contributed by atoms with Crippen LogP contribution in [0.25, 0.3) is 10.8 Å². The first-order valence-electron chi connectivity index (χ1n) is 10.9. The standard InChI is InChI=1S/C24H25ClFN5O5/c1-31(23(34)29-11-17-7-4-8-19(26)22(17)25)18(12-27-13-21(32)33)14-36-24(35)30-20-9-15-5-2-3-6-16(15)10-28-20/h2-10,18,27H,11-14H2,1H3,(H,29,34)(H,32,33)(H,28,30,35)/t18-/m0/s1. The maximum absolute atomic E-state index is 13.6. The largest absolute Gasteiger partial charge is 0.480 e. The van der Waals surface area contributed by atoms with E-state index >= 15 is 0 Å². The molecule has 1 atom stereocenters. The fraction of sp³-hybridized carbons (Fsp3) is 0.250. The van der Waals surface area contributed by atoms with Crippen molar-refractivity contribution in [2.45, 2.75) is 12.6 Å². The van der Waals surface area contributed by atoms with Gasteiger partial charge in [-0.25, -0.2) is 19.0 Å². The summed E-state index contributed by atoms with van der Waals surface area (Å²) < 4.78 is 18.9. The Labute approximate surface area is 211 Å². The third kappa shape index (κ3) is 7.52. The van der Waals surface area contributed by atoms with Crippen LogP contribution in [-0.2, 0) is 16.1 Å². The van der Waals surface area contributed by atoms with Crippen molar-refractivity contribution in [1.82, 2.24) is 20.5 Å². The van der Waals surface area contributed by atoms with Crippen LogP contribution < -0.4 is 16.0 Å². The number of hydrogen-bond acceptors (Lipinski definition) is 6. The smallest absolute Gasteiger partial charge is 0.412 e. The molecule has 0 aliphatic heterocycles. The fourth-order valence-electron chi connectivity index (χ4n) is 3.26. The average molecular weight is 518 g/mol. The topological polar surface area (TPSA) is 133 Å². The molecule has 12 heteroatoms. The van der Waals surface area contributed by atoms with Crippen molar-refractivity contribution >= 4 is 46.3 Å². The number of carbonyl (C=O) groups excluding carboxylic acids is 2. The van der Waals surface area contributed by atoms with Gasteiger partial charge in [0.2, 0.25) is 0 Å². The van der Waals surface area contributed by atoms with Crippen molar-refractivity contribution in [1.29, 1.82) is 0 Å². The van der Waals surface area contributed by atoms with Gasteiger partial charge in [-0.05, 0) is 23.1 Å². The molecule has 0 aliphatic rings. The van der Waals surface area contributed by atoms with Gasteiger partial charge in [0.1, 0.15) is 18.2 Å². The van der Waals surface area contributed by atoms with E-state index in [0.29, 0.717) is 5.56 Å². The monoisotopic (exact) mass is 517 g/mol.